The molecule has 1 saturated carbocycles. The summed E-state index contributed by atoms with van der Waals surface area (Å²) in [6, 6.07) is 0. The van der Waals surface area contributed by atoms with Crippen LogP contribution in [0.1, 0.15) is 53.9 Å². The molecule has 0 spiro atoms. The average Bonchev–Trinajstić information content (AvgIpc) is 2.25. The lowest BCUT2D eigenvalue weighted by molar-refractivity contribution is -0.0401. The van der Waals surface area contributed by atoms with Crippen molar-refractivity contribution < 1.29 is 4.74 Å². The molecule has 1 nitrogen and oxygen atoms in total. The SMILES string of the molecule is CC1CC(C)(C(C)(C)C)CCC1C(CS)OCS. The second kappa shape index (κ2) is 6.41. The summed E-state index contributed by atoms with van der Waals surface area (Å²) >= 11 is 8.63. The Kier molecular flexibility index (Phi) is 5.95. The Hall–Kier alpha value is 0.660. The first kappa shape index (κ1) is 16.7. The van der Waals surface area contributed by atoms with Crippen molar-refractivity contribution in [2.45, 2.75) is 60.0 Å². The molecule has 4 atom stereocenters. The fourth-order valence-electron chi connectivity index (χ4n) is 3.37. The van der Waals surface area contributed by atoms with Gasteiger partial charge in [0.05, 0.1) is 12.0 Å². The summed E-state index contributed by atoms with van der Waals surface area (Å²) < 4.78 is 5.74. The van der Waals surface area contributed by atoms with E-state index in [0.717, 1.165) is 5.75 Å². The fourth-order valence-corrected chi connectivity index (χ4v) is 3.94. The van der Waals surface area contributed by atoms with Gasteiger partial charge >= 0.3 is 0 Å². The summed E-state index contributed by atoms with van der Waals surface area (Å²) in [5, 5.41) is 0. The molecule has 0 aromatic rings. The molecular weight excluding hydrogens is 260 g/mol. The van der Waals surface area contributed by atoms with Crippen LogP contribution in [0.25, 0.3) is 0 Å². The zero-order chi connectivity index (χ0) is 14.0. The van der Waals surface area contributed by atoms with Crippen LogP contribution in [0.3, 0.4) is 0 Å². The molecule has 18 heavy (non-hydrogen) atoms. The Morgan fingerprint density at radius 3 is 2.33 bits per heavy atom. The second-order valence-electron chi connectivity index (χ2n) is 7.21. The van der Waals surface area contributed by atoms with Crippen LogP contribution in [0.4, 0.5) is 0 Å². The zero-order valence-electron chi connectivity index (χ0n) is 12.6. The molecule has 0 bridgehead atoms. The van der Waals surface area contributed by atoms with Crippen LogP contribution < -0.4 is 0 Å². The molecule has 1 aliphatic carbocycles. The molecule has 3 heteroatoms. The van der Waals surface area contributed by atoms with Crippen LogP contribution in [0.15, 0.2) is 0 Å². The van der Waals surface area contributed by atoms with Crippen LogP contribution in [0.2, 0.25) is 0 Å². The number of thiol groups is 2. The Morgan fingerprint density at radius 1 is 1.33 bits per heavy atom. The Balaban J connectivity index is 2.72. The predicted octanol–water partition coefficient (Wildman–Crippen LogP) is 4.68. The minimum Gasteiger partial charge on any atom is -0.367 e. The van der Waals surface area contributed by atoms with Gasteiger partial charge in [-0.05, 0) is 41.9 Å². The molecule has 0 amide bonds. The first-order valence-corrected chi connectivity index (χ1v) is 8.35. The lowest BCUT2D eigenvalue weighted by Gasteiger charge is -2.50. The van der Waals surface area contributed by atoms with Gasteiger partial charge in [0.2, 0.25) is 0 Å². The maximum Gasteiger partial charge on any atom is 0.0896 e. The van der Waals surface area contributed by atoms with E-state index in [-0.39, 0.29) is 6.10 Å². The highest BCUT2D eigenvalue weighted by Crippen LogP contribution is 2.53. The summed E-state index contributed by atoms with van der Waals surface area (Å²) in [6.45, 7) is 12.0. The molecule has 1 rings (SSSR count). The van der Waals surface area contributed by atoms with E-state index in [9.17, 15) is 0 Å². The number of ether oxygens (including phenoxy) is 1. The average molecular weight is 291 g/mol. The Morgan fingerprint density at radius 2 is 1.94 bits per heavy atom. The topological polar surface area (TPSA) is 9.23 Å². The van der Waals surface area contributed by atoms with Crippen molar-refractivity contribution in [3.63, 3.8) is 0 Å². The van der Waals surface area contributed by atoms with Crippen LogP contribution >= 0.6 is 25.3 Å². The van der Waals surface area contributed by atoms with Crippen LogP contribution in [0.5, 0.6) is 0 Å². The highest BCUT2D eigenvalue weighted by Gasteiger charge is 2.44. The molecule has 0 aliphatic heterocycles. The maximum atomic E-state index is 5.74. The molecule has 0 aromatic heterocycles. The molecule has 1 aliphatic rings. The fraction of sp³-hybridized carbons (Fsp3) is 1.00. The third-order valence-corrected chi connectivity index (χ3v) is 5.80. The number of rotatable bonds is 4. The molecule has 0 heterocycles. The van der Waals surface area contributed by atoms with E-state index < -0.39 is 0 Å². The summed E-state index contributed by atoms with van der Waals surface area (Å²) in [4.78, 5) is 0. The molecule has 0 N–H and O–H groups in total. The van der Waals surface area contributed by atoms with Gasteiger partial charge in [-0.2, -0.15) is 25.3 Å². The second-order valence-corrected chi connectivity index (χ2v) is 7.83. The smallest absolute Gasteiger partial charge is 0.0896 e. The van der Waals surface area contributed by atoms with Crippen molar-refractivity contribution >= 4 is 25.3 Å². The minimum absolute atomic E-state index is 0.269. The number of hydrogen-bond donors (Lipinski definition) is 2. The monoisotopic (exact) mass is 290 g/mol. The van der Waals surface area contributed by atoms with Gasteiger partial charge in [-0.25, -0.2) is 0 Å². The first-order chi connectivity index (χ1) is 8.25. The summed E-state index contributed by atoms with van der Waals surface area (Å²) in [7, 11) is 0. The predicted molar refractivity (Wildman–Crippen MR) is 86.6 cm³/mol. The van der Waals surface area contributed by atoms with E-state index in [1.807, 2.05) is 0 Å². The van der Waals surface area contributed by atoms with Gasteiger partial charge in [0.25, 0.3) is 0 Å². The largest absolute Gasteiger partial charge is 0.367 e. The molecule has 108 valence electrons. The Bertz CT molecular complexity index is 262. The van der Waals surface area contributed by atoms with E-state index in [1.54, 1.807) is 0 Å². The summed E-state index contributed by atoms with van der Waals surface area (Å²) in [6.07, 6.45) is 4.12. The highest BCUT2D eigenvalue weighted by molar-refractivity contribution is 7.80. The third-order valence-electron chi connectivity index (χ3n) is 5.29. The van der Waals surface area contributed by atoms with Crippen LogP contribution in [-0.2, 0) is 4.74 Å². The standard InChI is InChI=1S/C15H30OS2/c1-11-8-15(5,14(2,3)4)7-6-12(11)13(9-17)16-10-18/h11-13,17-18H,6-10H2,1-5H3. The van der Waals surface area contributed by atoms with Crippen LogP contribution in [0, 0.1) is 22.7 Å². The third kappa shape index (κ3) is 3.61. The highest BCUT2D eigenvalue weighted by atomic mass is 32.1. The van der Waals surface area contributed by atoms with Crippen molar-refractivity contribution in [3.05, 3.63) is 0 Å². The molecule has 1 fully saturated rings. The molecule has 0 saturated heterocycles. The lowest BCUT2D eigenvalue weighted by Crippen LogP contribution is -2.43. The van der Waals surface area contributed by atoms with E-state index in [1.165, 1.54) is 19.3 Å². The van der Waals surface area contributed by atoms with Gasteiger partial charge in [0.1, 0.15) is 0 Å². The zero-order valence-corrected chi connectivity index (χ0v) is 14.4. The van der Waals surface area contributed by atoms with Crippen molar-refractivity contribution in [1.82, 2.24) is 0 Å². The molecule has 4 unspecified atom stereocenters. The summed E-state index contributed by atoms with van der Waals surface area (Å²) in [5.74, 6) is 2.66. The first-order valence-electron chi connectivity index (χ1n) is 7.08. The van der Waals surface area contributed by atoms with Gasteiger partial charge in [-0.15, -0.1) is 0 Å². The van der Waals surface area contributed by atoms with Crippen molar-refractivity contribution in [2.75, 3.05) is 11.7 Å². The van der Waals surface area contributed by atoms with Gasteiger partial charge in [-0.3, -0.25) is 0 Å². The number of hydrogen-bond acceptors (Lipinski definition) is 3. The van der Waals surface area contributed by atoms with Gasteiger partial charge in [0.15, 0.2) is 0 Å². The van der Waals surface area contributed by atoms with Gasteiger partial charge in [0, 0.05) is 5.75 Å². The van der Waals surface area contributed by atoms with E-state index in [4.69, 9.17) is 4.74 Å². The molecular formula is C15H30OS2. The van der Waals surface area contributed by atoms with Gasteiger partial charge < -0.3 is 4.74 Å². The normalized spacial score (nSPS) is 35.5. The van der Waals surface area contributed by atoms with E-state index in [2.05, 4.69) is 59.9 Å². The van der Waals surface area contributed by atoms with Gasteiger partial charge in [-0.1, -0.05) is 34.6 Å². The lowest BCUT2D eigenvalue weighted by atomic mass is 9.56. The van der Waals surface area contributed by atoms with Crippen molar-refractivity contribution in [2.24, 2.45) is 22.7 Å². The quantitative estimate of drug-likeness (QED) is 0.565. The maximum absolute atomic E-state index is 5.74. The van der Waals surface area contributed by atoms with E-state index >= 15 is 0 Å². The summed E-state index contributed by atoms with van der Waals surface area (Å²) in [5.41, 5.74) is 0.831. The molecule has 0 aromatic carbocycles. The van der Waals surface area contributed by atoms with Crippen LogP contribution in [-0.4, -0.2) is 17.8 Å². The molecule has 0 radical (unpaired) electrons. The van der Waals surface area contributed by atoms with Crippen molar-refractivity contribution in [3.8, 4) is 0 Å². The van der Waals surface area contributed by atoms with E-state index in [0.29, 0.717) is 28.6 Å². The minimum atomic E-state index is 0.269. The Labute approximate surface area is 124 Å². The van der Waals surface area contributed by atoms with Crippen molar-refractivity contribution in [1.29, 1.82) is 0 Å².